The molecule has 0 spiro atoms. The Bertz CT molecular complexity index is 417. The van der Waals surface area contributed by atoms with Crippen LogP contribution >= 0.6 is 0 Å². The van der Waals surface area contributed by atoms with Crippen LogP contribution < -0.4 is 5.73 Å². The number of aromatic nitrogens is 2. The van der Waals surface area contributed by atoms with Crippen molar-refractivity contribution in [3.05, 3.63) is 18.0 Å². The van der Waals surface area contributed by atoms with Crippen molar-refractivity contribution >= 4 is 5.84 Å². The second-order valence-corrected chi connectivity index (χ2v) is 4.47. The Kier molecular flexibility index (Phi) is 4.16. The molecule has 1 aromatic heterocycles. The lowest BCUT2D eigenvalue weighted by molar-refractivity contribution is 0.00323. The van der Waals surface area contributed by atoms with E-state index in [0.29, 0.717) is 13.2 Å². The van der Waals surface area contributed by atoms with E-state index >= 15 is 0 Å². The molecule has 7 nitrogen and oxygen atoms in total. The van der Waals surface area contributed by atoms with E-state index in [0.717, 1.165) is 25.2 Å². The van der Waals surface area contributed by atoms with Crippen LogP contribution in [0.3, 0.4) is 0 Å². The van der Waals surface area contributed by atoms with Gasteiger partial charge in [0.1, 0.15) is 6.10 Å². The van der Waals surface area contributed by atoms with Crippen LogP contribution in [0.4, 0.5) is 0 Å². The average molecular weight is 253 g/mol. The highest BCUT2D eigenvalue weighted by atomic mass is 16.5. The third-order valence-corrected chi connectivity index (χ3v) is 3.00. The van der Waals surface area contributed by atoms with Gasteiger partial charge in [0.25, 0.3) is 0 Å². The minimum Gasteiger partial charge on any atom is -0.409 e. The van der Waals surface area contributed by atoms with Crippen LogP contribution in [0, 0.1) is 6.92 Å². The van der Waals surface area contributed by atoms with Gasteiger partial charge in [0.15, 0.2) is 5.84 Å². The van der Waals surface area contributed by atoms with E-state index < -0.39 is 0 Å². The molecule has 0 radical (unpaired) electrons. The number of aryl methyl sites for hydroxylation is 1. The van der Waals surface area contributed by atoms with Gasteiger partial charge in [-0.05, 0) is 12.5 Å². The van der Waals surface area contributed by atoms with Gasteiger partial charge in [0, 0.05) is 25.8 Å². The molecule has 1 aliphatic heterocycles. The Morgan fingerprint density at radius 1 is 1.67 bits per heavy atom. The van der Waals surface area contributed by atoms with Crippen molar-refractivity contribution in [3.8, 4) is 0 Å². The highest BCUT2D eigenvalue weighted by molar-refractivity contribution is 5.84. The van der Waals surface area contributed by atoms with Crippen LogP contribution in [0.15, 0.2) is 17.5 Å². The van der Waals surface area contributed by atoms with Crippen LogP contribution in [0.5, 0.6) is 0 Å². The highest BCUT2D eigenvalue weighted by Crippen LogP contribution is 2.05. The van der Waals surface area contributed by atoms with Gasteiger partial charge in [-0.3, -0.25) is 9.58 Å². The Balaban J connectivity index is 1.82. The first-order chi connectivity index (χ1) is 8.69. The second kappa shape index (κ2) is 5.83. The maximum absolute atomic E-state index is 8.63. The predicted octanol–water partition coefficient (Wildman–Crippen LogP) is -0.361. The van der Waals surface area contributed by atoms with E-state index in [1.807, 2.05) is 24.0 Å². The zero-order valence-electron chi connectivity index (χ0n) is 10.5. The molecule has 100 valence electrons. The van der Waals surface area contributed by atoms with Crippen molar-refractivity contribution in [2.45, 2.75) is 19.6 Å². The summed E-state index contributed by atoms with van der Waals surface area (Å²) in [7, 11) is 0. The standard InChI is InChI=1S/C11H19N5O2/c1-9-6-13-16(7-9)3-2-15-4-5-18-10(8-15)11(12)14-17/h6-7,10,17H,2-5,8H2,1H3,(H2,12,14). The first-order valence-corrected chi connectivity index (χ1v) is 5.99. The summed E-state index contributed by atoms with van der Waals surface area (Å²) >= 11 is 0. The normalized spacial score (nSPS) is 22.3. The quantitative estimate of drug-likeness (QED) is 0.331. The number of oxime groups is 1. The molecule has 18 heavy (non-hydrogen) atoms. The summed E-state index contributed by atoms with van der Waals surface area (Å²) in [5.74, 6) is 0.134. The lowest BCUT2D eigenvalue weighted by Gasteiger charge is -2.31. The van der Waals surface area contributed by atoms with Gasteiger partial charge in [0.2, 0.25) is 0 Å². The van der Waals surface area contributed by atoms with Gasteiger partial charge in [-0.15, -0.1) is 0 Å². The SMILES string of the molecule is Cc1cnn(CCN2CCOC(C(N)=NO)C2)c1. The molecule has 1 aliphatic rings. The molecule has 2 rings (SSSR count). The lowest BCUT2D eigenvalue weighted by Crippen LogP contribution is -2.49. The van der Waals surface area contributed by atoms with Crippen molar-refractivity contribution in [3.63, 3.8) is 0 Å². The van der Waals surface area contributed by atoms with Crippen molar-refractivity contribution in [1.29, 1.82) is 0 Å². The van der Waals surface area contributed by atoms with Gasteiger partial charge in [-0.2, -0.15) is 5.10 Å². The Hall–Kier alpha value is -1.60. The Labute approximate surface area is 106 Å². The third kappa shape index (κ3) is 3.21. The molecule has 0 bridgehead atoms. The lowest BCUT2D eigenvalue weighted by atomic mass is 10.2. The van der Waals surface area contributed by atoms with Crippen LogP contribution in [-0.2, 0) is 11.3 Å². The van der Waals surface area contributed by atoms with Crippen LogP contribution in [0.25, 0.3) is 0 Å². The molecule has 2 heterocycles. The van der Waals surface area contributed by atoms with Crippen LogP contribution in [-0.4, -0.2) is 58.1 Å². The largest absolute Gasteiger partial charge is 0.409 e. The van der Waals surface area contributed by atoms with E-state index in [1.165, 1.54) is 0 Å². The first kappa shape index (κ1) is 12.8. The smallest absolute Gasteiger partial charge is 0.169 e. The molecule has 0 amide bonds. The number of amidine groups is 1. The summed E-state index contributed by atoms with van der Waals surface area (Å²) in [6, 6.07) is 0. The molecule has 1 unspecified atom stereocenters. The highest BCUT2D eigenvalue weighted by Gasteiger charge is 2.23. The monoisotopic (exact) mass is 253 g/mol. The molecule has 0 saturated carbocycles. The van der Waals surface area contributed by atoms with Crippen molar-refractivity contribution < 1.29 is 9.94 Å². The molecule has 0 aliphatic carbocycles. The number of morpholine rings is 1. The molecule has 7 heteroatoms. The fourth-order valence-electron chi connectivity index (χ4n) is 1.98. The second-order valence-electron chi connectivity index (χ2n) is 4.47. The Morgan fingerprint density at radius 2 is 2.50 bits per heavy atom. The molecular weight excluding hydrogens is 234 g/mol. The van der Waals surface area contributed by atoms with Crippen molar-refractivity contribution in [2.24, 2.45) is 10.9 Å². The van der Waals surface area contributed by atoms with Crippen LogP contribution in [0.2, 0.25) is 0 Å². The Morgan fingerprint density at radius 3 is 3.17 bits per heavy atom. The maximum atomic E-state index is 8.63. The zero-order valence-corrected chi connectivity index (χ0v) is 10.5. The number of nitrogens with zero attached hydrogens (tertiary/aromatic N) is 4. The van der Waals surface area contributed by atoms with Gasteiger partial charge >= 0.3 is 0 Å². The number of hydrogen-bond acceptors (Lipinski definition) is 5. The van der Waals surface area contributed by atoms with Gasteiger partial charge in [0.05, 0.1) is 19.3 Å². The summed E-state index contributed by atoms with van der Waals surface area (Å²) in [5.41, 5.74) is 6.71. The maximum Gasteiger partial charge on any atom is 0.169 e. The predicted molar refractivity (Wildman–Crippen MR) is 66.6 cm³/mol. The van der Waals surface area contributed by atoms with Gasteiger partial charge in [-0.25, -0.2) is 0 Å². The summed E-state index contributed by atoms with van der Waals surface area (Å²) < 4.78 is 7.36. The molecule has 1 saturated heterocycles. The summed E-state index contributed by atoms with van der Waals surface area (Å²) in [5, 5.41) is 15.9. The van der Waals surface area contributed by atoms with Crippen molar-refractivity contribution in [2.75, 3.05) is 26.2 Å². The fraction of sp³-hybridized carbons (Fsp3) is 0.636. The molecular formula is C11H19N5O2. The summed E-state index contributed by atoms with van der Waals surface area (Å²) in [4.78, 5) is 2.23. The number of hydrogen-bond donors (Lipinski definition) is 2. The number of rotatable bonds is 4. The van der Waals surface area contributed by atoms with Gasteiger partial charge in [-0.1, -0.05) is 5.16 Å². The van der Waals surface area contributed by atoms with Crippen molar-refractivity contribution in [1.82, 2.24) is 14.7 Å². The molecule has 1 atom stereocenters. The van der Waals surface area contributed by atoms with E-state index in [-0.39, 0.29) is 11.9 Å². The molecule has 0 aromatic carbocycles. The summed E-state index contributed by atoms with van der Waals surface area (Å²) in [6.07, 6.45) is 3.54. The van der Waals surface area contributed by atoms with Gasteiger partial charge < -0.3 is 15.7 Å². The van der Waals surface area contributed by atoms with Crippen LogP contribution in [0.1, 0.15) is 5.56 Å². The fourth-order valence-corrected chi connectivity index (χ4v) is 1.98. The minimum absolute atomic E-state index is 0.134. The summed E-state index contributed by atoms with van der Waals surface area (Å²) in [6.45, 7) is 5.83. The molecule has 3 N–H and O–H groups in total. The zero-order chi connectivity index (χ0) is 13.0. The number of nitrogens with two attached hydrogens (primary N) is 1. The topological polar surface area (TPSA) is 88.9 Å². The third-order valence-electron chi connectivity index (χ3n) is 3.00. The first-order valence-electron chi connectivity index (χ1n) is 5.99. The van der Waals surface area contributed by atoms with E-state index in [1.54, 1.807) is 0 Å². The van der Waals surface area contributed by atoms with E-state index in [2.05, 4.69) is 15.2 Å². The van der Waals surface area contributed by atoms with E-state index in [9.17, 15) is 0 Å². The number of ether oxygens (including phenoxy) is 1. The molecule has 1 aromatic rings. The minimum atomic E-state index is -0.317. The average Bonchev–Trinajstić information content (AvgIpc) is 2.81. The van der Waals surface area contributed by atoms with E-state index in [4.69, 9.17) is 15.7 Å². The molecule has 1 fully saturated rings.